The van der Waals surface area contributed by atoms with Gasteiger partial charge in [0, 0.05) is 18.7 Å². The predicted molar refractivity (Wildman–Crippen MR) is 109 cm³/mol. The zero-order valence-electron chi connectivity index (χ0n) is 17.7. The molecule has 32 heavy (non-hydrogen) atoms. The molecule has 0 aliphatic carbocycles. The van der Waals surface area contributed by atoms with Crippen molar-refractivity contribution in [3.63, 3.8) is 0 Å². The highest BCUT2D eigenvalue weighted by molar-refractivity contribution is 6.02. The number of hydrogen-bond acceptors (Lipinski definition) is 7. The molecule has 1 unspecified atom stereocenters. The van der Waals surface area contributed by atoms with E-state index in [1.54, 1.807) is 24.3 Å². The molecule has 0 saturated heterocycles. The maximum atomic E-state index is 12.8. The Balaban J connectivity index is 1.49. The molecule has 174 valence electrons. The number of Topliss-reactive ketones (excluding diaryl/α,β-unsaturated/α-hetero) is 1. The Kier molecular flexibility index (Phi) is 7.81. The third-order valence-electron chi connectivity index (χ3n) is 4.71. The van der Waals surface area contributed by atoms with Gasteiger partial charge in [0.25, 0.3) is 0 Å². The fraction of sp³-hybridized carbons (Fsp3) is 0.409. The Labute approximate surface area is 183 Å². The number of para-hydroxylation sites is 2. The number of ether oxygens (including phenoxy) is 5. The van der Waals surface area contributed by atoms with Crippen LogP contribution >= 0.6 is 0 Å². The number of methoxy groups -OCH3 is 2. The molecule has 10 heteroatoms. The maximum Gasteiger partial charge on any atom is 0.422 e. The Morgan fingerprint density at radius 3 is 2.34 bits per heavy atom. The van der Waals surface area contributed by atoms with E-state index >= 15 is 0 Å². The van der Waals surface area contributed by atoms with Gasteiger partial charge in [0.2, 0.25) is 0 Å². The quantitative estimate of drug-likeness (QED) is 0.551. The minimum atomic E-state index is -4.44. The molecule has 1 aliphatic heterocycles. The lowest BCUT2D eigenvalue weighted by molar-refractivity contribution is -0.153. The van der Waals surface area contributed by atoms with Crippen molar-refractivity contribution in [1.82, 2.24) is 5.32 Å². The topological polar surface area (TPSA) is 75.3 Å². The van der Waals surface area contributed by atoms with Crippen LogP contribution in [0.15, 0.2) is 36.4 Å². The number of carbonyl (C=O) groups excluding carboxylic acids is 1. The van der Waals surface area contributed by atoms with Gasteiger partial charge < -0.3 is 29.0 Å². The second kappa shape index (κ2) is 10.6. The number of nitrogens with one attached hydrogen (secondary N) is 1. The Bertz CT molecular complexity index is 934. The molecule has 7 nitrogen and oxygen atoms in total. The predicted octanol–water partition coefficient (Wildman–Crippen LogP) is 3.40. The number of fused-ring (bicyclic) bond motifs is 1. The van der Waals surface area contributed by atoms with Crippen molar-refractivity contribution in [3.05, 3.63) is 47.5 Å². The van der Waals surface area contributed by atoms with Crippen LogP contribution in [0.2, 0.25) is 0 Å². The zero-order chi connectivity index (χ0) is 23.1. The van der Waals surface area contributed by atoms with Gasteiger partial charge in [0.15, 0.2) is 35.4 Å². The summed E-state index contributed by atoms with van der Waals surface area (Å²) < 4.78 is 63.6. The summed E-state index contributed by atoms with van der Waals surface area (Å²) in [5.74, 6) is 1.03. The number of benzene rings is 2. The Hall–Kier alpha value is -2.98. The van der Waals surface area contributed by atoms with Crippen LogP contribution in [0.1, 0.15) is 15.9 Å². The molecular weight excluding hydrogens is 431 g/mol. The molecule has 1 N–H and O–H groups in total. The fourth-order valence-electron chi connectivity index (χ4n) is 3.18. The molecule has 0 radical (unpaired) electrons. The van der Waals surface area contributed by atoms with Crippen molar-refractivity contribution in [2.24, 2.45) is 0 Å². The van der Waals surface area contributed by atoms with Crippen molar-refractivity contribution in [1.29, 1.82) is 0 Å². The summed E-state index contributed by atoms with van der Waals surface area (Å²) in [6.45, 7) is -0.379. The van der Waals surface area contributed by atoms with E-state index in [9.17, 15) is 18.0 Å². The van der Waals surface area contributed by atoms with E-state index in [1.165, 1.54) is 26.4 Å². The number of rotatable bonds is 10. The van der Waals surface area contributed by atoms with Gasteiger partial charge in [-0.15, -0.1) is 0 Å². The smallest absolute Gasteiger partial charge is 0.422 e. The summed E-state index contributed by atoms with van der Waals surface area (Å²) in [5, 5.41) is 3.07. The lowest BCUT2D eigenvalue weighted by atomic mass is 9.97. The van der Waals surface area contributed by atoms with Crippen molar-refractivity contribution in [2.75, 3.05) is 40.5 Å². The fourth-order valence-corrected chi connectivity index (χ4v) is 3.18. The molecule has 1 aliphatic rings. The van der Waals surface area contributed by atoms with Crippen LogP contribution < -0.4 is 24.3 Å². The number of carbonyl (C=O) groups is 1. The molecule has 1 heterocycles. The second-order valence-electron chi connectivity index (χ2n) is 6.93. The molecule has 0 bridgehead atoms. The highest BCUT2D eigenvalue weighted by Crippen LogP contribution is 2.34. The van der Waals surface area contributed by atoms with Crippen LogP contribution in [0.25, 0.3) is 0 Å². The highest BCUT2D eigenvalue weighted by Gasteiger charge is 2.30. The first-order valence-corrected chi connectivity index (χ1v) is 9.85. The van der Waals surface area contributed by atoms with Crippen LogP contribution in [-0.2, 0) is 11.3 Å². The monoisotopic (exact) mass is 455 g/mol. The van der Waals surface area contributed by atoms with Gasteiger partial charge in [0.1, 0.15) is 12.7 Å². The van der Waals surface area contributed by atoms with E-state index in [-0.39, 0.29) is 37.0 Å². The molecule has 1 atom stereocenters. The third-order valence-corrected chi connectivity index (χ3v) is 4.71. The summed E-state index contributed by atoms with van der Waals surface area (Å²) in [5.41, 5.74) is 1.25. The standard InChI is InChI=1S/C22H24F3NO6/c1-28-18-9-14-12-31-20(21(27)15(14)10-19(18)29-2)11-26-7-8-30-16-5-3-4-6-17(16)32-13-22(23,24)25/h3-6,9-10,20,26H,7-8,11-13H2,1-2H3. The van der Waals surface area contributed by atoms with E-state index in [1.807, 2.05) is 0 Å². The summed E-state index contributed by atoms with van der Waals surface area (Å²) in [7, 11) is 3.02. The first-order valence-electron chi connectivity index (χ1n) is 9.85. The molecule has 2 aromatic rings. The second-order valence-corrected chi connectivity index (χ2v) is 6.93. The van der Waals surface area contributed by atoms with Gasteiger partial charge in [-0.25, -0.2) is 0 Å². The van der Waals surface area contributed by atoms with E-state index in [0.717, 1.165) is 5.56 Å². The Morgan fingerprint density at radius 1 is 1.03 bits per heavy atom. The first-order chi connectivity index (χ1) is 15.3. The van der Waals surface area contributed by atoms with Gasteiger partial charge in [0.05, 0.1) is 20.8 Å². The summed E-state index contributed by atoms with van der Waals surface area (Å²) in [6, 6.07) is 9.50. The summed E-state index contributed by atoms with van der Waals surface area (Å²) in [4.78, 5) is 12.8. The lowest BCUT2D eigenvalue weighted by Gasteiger charge is -2.25. The summed E-state index contributed by atoms with van der Waals surface area (Å²) in [6.07, 6.45) is -5.11. The Morgan fingerprint density at radius 2 is 1.69 bits per heavy atom. The molecule has 2 aromatic carbocycles. The van der Waals surface area contributed by atoms with Gasteiger partial charge in [-0.2, -0.15) is 13.2 Å². The van der Waals surface area contributed by atoms with Gasteiger partial charge >= 0.3 is 6.18 Å². The highest BCUT2D eigenvalue weighted by atomic mass is 19.4. The lowest BCUT2D eigenvalue weighted by Crippen LogP contribution is -2.40. The first kappa shape index (κ1) is 23.7. The minimum absolute atomic E-state index is 0.0107. The van der Waals surface area contributed by atoms with Crippen LogP contribution in [0, 0.1) is 0 Å². The molecule has 0 saturated carbocycles. The number of halogens is 3. The molecule has 3 rings (SSSR count). The van der Waals surface area contributed by atoms with Crippen LogP contribution in [-0.4, -0.2) is 58.6 Å². The van der Waals surface area contributed by atoms with E-state index in [0.29, 0.717) is 23.6 Å². The van der Waals surface area contributed by atoms with E-state index in [4.69, 9.17) is 23.7 Å². The van der Waals surface area contributed by atoms with Crippen LogP contribution in [0.5, 0.6) is 23.0 Å². The van der Waals surface area contributed by atoms with Gasteiger partial charge in [-0.1, -0.05) is 12.1 Å². The van der Waals surface area contributed by atoms with Gasteiger partial charge in [-0.3, -0.25) is 4.79 Å². The summed E-state index contributed by atoms with van der Waals surface area (Å²) >= 11 is 0. The number of hydrogen-bond donors (Lipinski definition) is 1. The van der Waals surface area contributed by atoms with Crippen molar-refractivity contribution in [2.45, 2.75) is 18.9 Å². The van der Waals surface area contributed by atoms with E-state index in [2.05, 4.69) is 5.32 Å². The van der Waals surface area contributed by atoms with Crippen molar-refractivity contribution >= 4 is 5.78 Å². The normalized spacial score (nSPS) is 15.8. The average Bonchev–Trinajstić information content (AvgIpc) is 2.78. The SMILES string of the molecule is COc1cc2c(cc1OC)C(=O)C(CNCCOc1ccccc1OCC(F)(F)F)OC2. The van der Waals surface area contributed by atoms with Crippen LogP contribution in [0.3, 0.4) is 0 Å². The molecule has 0 spiro atoms. The van der Waals surface area contributed by atoms with Crippen LogP contribution in [0.4, 0.5) is 13.2 Å². The van der Waals surface area contributed by atoms with E-state index < -0.39 is 18.9 Å². The average molecular weight is 455 g/mol. The van der Waals surface area contributed by atoms with Crippen molar-refractivity contribution in [3.8, 4) is 23.0 Å². The number of alkyl halides is 3. The maximum absolute atomic E-state index is 12.8. The molecular formula is C22H24F3NO6. The number of ketones is 1. The van der Waals surface area contributed by atoms with Crippen molar-refractivity contribution < 1.29 is 41.7 Å². The van der Waals surface area contributed by atoms with Gasteiger partial charge in [-0.05, 0) is 29.8 Å². The molecule has 0 fully saturated rings. The largest absolute Gasteiger partial charge is 0.493 e. The molecule has 0 aromatic heterocycles. The minimum Gasteiger partial charge on any atom is -0.493 e. The zero-order valence-corrected chi connectivity index (χ0v) is 17.7. The third kappa shape index (κ3) is 6.04. The molecule has 0 amide bonds.